The summed E-state index contributed by atoms with van der Waals surface area (Å²) in [7, 11) is 0. The van der Waals surface area contributed by atoms with Crippen LogP contribution in [0.2, 0.25) is 10.0 Å². The number of carbonyl (C=O) groups is 1. The van der Waals surface area contributed by atoms with E-state index in [4.69, 9.17) is 37.4 Å². The van der Waals surface area contributed by atoms with Gasteiger partial charge < -0.3 is 14.2 Å². The molecule has 0 saturated carbocycles. The zero-order valence-corrected chi connectivity index (χ0v) is 21.7. The number of hydrazone groups is 1. The molecule has 0 heterocycles. The average Bonchev–Trinajstić information content (AvgIpc) is 2.80. The number of rotatable bonds is 10. The van der Waals surface area contributed by atoms with Crippen molar-refractivity contribution in [1.82, 2.24) is 5.43 Å². The number of carbonyl (C=O) groups excluding carboxylic acids is 1. The standard InChI is InChI=1S/C25H23BrCl2N2O4/c1-3-32-20-9-6-17(7-10-20)25(31)30-29-14-16-11-21(26)24(23(12-16)33-4-2)34-15-18-5-8-19(27)13-22(18)28/h5-14H,3-4,15H2,1-2H3,(H,30,31)/b29-14+. The van der Waals surface area contributed by atoms with Gasteiger partial charge in [0.2, 0.25) is 0 Å². The number of benzene rings is 3. The predicted octanol–water partition coefficient (Wildman–Crippen LogP) is 6.90. The molecule has 0 atom stereocenters. The van der Waals surface area contributed by atoms with Crippen LogP contribution >= 0.6 is 39.1 Å². The molecule has 34 heavy (non-hydrogen) atoms. The lowest BCUT2D eigenvalue weighted by Crippen LogP contribution is -2.17. The molecule has 0 aliphatic rings. The summed E-state index contributed by atoms with van der Waals surface area (Å²) >= 11 is 15.7. The quantitative estimate of drug-likeness (QED) is 0.214. The summed E-state index contributed by atoms with van der Waals surface area (Å²) in [5.74, 6) is 1.43. The summed E-state index contributed by atoms with van der Waals surface area (Å²) in [6, 6.07) is 15.7. The normalized spacial score (nSPS) is 10.9. The van der Waals surface area contributed by atoms with E-state index in [9.17, 15) is 4.79 Å². The SMILES string of the molecule is CCOc1ccc(C(=O)N/N=C/c2cc(Br)c(OCc3ccc(Cl)cc3Cl)c(OCC)c2)cc1. The lowest BCUT2D eigenvalue weighted by molar-refractivity contribution is 0.0955. The highest BCUT2D eigenvalue weighted by Gasteiger charge is 2.13. The van der Waals surface area contributed by atoms with Gasteiger partial charge in [-0.3, -0.25) is 4.79 Å². The topological polar surface area (TPSA) is 69.2 Å². The maximum atomic E-state index is 12.3. The second-order valence-electron chi connectivity index (χ2n) is 6.94. The third kappa shape index (κ3) is 7.13. The van der Waals surface area contributed by atoms with Crippen LogP contribution < -0.4 is 19.6 Å². The Morgan fingerprint density at radius 3 is 2.41 bits per heavy atom. The van der Waals surface area contributed by atoms with Gasteiger partial charge in [-0.1, -0.05) is 29.3 Å². The van der Waals surface area contributed by atoms with Gasteiger partial charge in [0.15, 0.2) is 11.5 Å². The Kier molecular flexibility index (Phi) is 9.62. The van der Waals surface area contributed by atoms with Crippen molar-refractivity contribution in [2.75, 3.05) is 13.2 Å². The molecule has 0 unspecified atom stereocenters. The van der Waals surface area contributed by atoms with Crippen LogP contribution in [0.1, 0.15) is 35.3 Å². The number of nitrogens with one attached hydrogen (secondary N) is 1. The molecule has 178 valence electrons. The monoisotopic (exact) mass is 564 g/mol. The van der Waals surface area contributed by atoms with Gasteiger partial charge in [0, 0.05) is 21.2 Å². The van der Waals surface area contributed by atoms with E-state index in [2.05, 4.69) is 26.5 Å². The van der Waals surface area contributed by atoms with Crippen LogP contribution in [-0.2, 0) is 6.61 Å². The zero-order chi connectivity index (χ0) is 24.5. The molecule has 1 N–H and O–H groups in total. The fourth-order valence-electron chi connectivity index (χ4n) is 2.95. The molecule has 0 radical (unpaired) electrons. The highest BCUT2D eigenvalue weighted by molar-refractivity contribution is 9.10. The van der Waals surface area contributed by atoms with Crippen LogP contribution in [0.4, 0.5) is 0 Å². The summed E-state index contributed by atoms with van der Waals surface area (Å²) in [6.07, 6.45) is 1.53. The van der Waals surface area contributed by atoms with Gasteiger partial charge in [-0.15, -0.1) is 0 Å². The van der Waals surface area contributed by atoms with E-state index in [1.807, 2.05) is 26.0 Å². The van der Waals surface area contributed by atoms with Crippen molar-refractivity contribution in [2.45, 2.75) is 20.5 Å². The van der Waals surface area contributed by atoms with Gasteiger partial charge in [0.05, 0.1) is 23.9 Å². The van der Waals surface area contributed by atoms with E-state index in [1.165, 1.54) is 6.21 Å². The van der Waals surface area contributed by atoms with Gasteiger partial charge in [0.1, 0.15) is 12.4 Å². The number of amides is 1. The molecule has 0 fully saturated rings. The van der Waals surface area contributed by atoms with Crippen LogP contribution in [0.3, 0.4) is 0 Å². The number of nitrogens with zero attached hydrogens (tertiary/aromatic N) is 1. The first-order chi connectivity index (χ1) is 16.4. The van der Waals surface area contributed by atoms with Crippen molar-refractivity contribution < 1.29 is 19.0 Å². The van der Waals surface area contributed by atoms with Gasteiger partial charge in [-0.05, 0) is 83.9 Å². The first kappa shape index (κ1) is 25.9. The van der Waals surface area contributed by atoms with Gasteiger partial charge >= 0.3 is 0 Å². The summed E-state index contributed by atoms with van der Waals surface area (Å²) in [4.78, 5) is 12.3. The summed E-state index contributed by atoms with van der Waals surface area (Å²) in [5, 5.41) is 5.14. The lowest BCUT2D eigenvalue weighted by atomic mass is 10.2. The van der Waals surface area contributed by atoms with E-state index >= 15 is 0 Å². The van der Waals surface area contributed by atoms with Crippen molar-refractivity contribution in [3.8, 4) is 17.2 Å². The number of halogens is 3. The molecule has 0 aliphatic heterocycles. The third-order valence-electron chi connectivity index (χ3n) is 4.53. The molecule has 0 saturated heterocycles. The van der Waals surface area contributed by atoms with E-state index in [0.717, 1.165) is 5.56 Å². The molecular weight excluding hydrogens is 543 g/mol. The van der Waals surface area contributed by atoms with Crippen molar-refractivity contribution in [2.24, 2.45) is 5.10 Å². The van der Waals surface area contributed by atoms with Gasteiger partial charge in [-0.2, -0.15) is 5.10 Å². The van der Waals surface area contributed by atoms with Crippen molar-refractivity contribution in [1.29, 1.82) is 0 Å². The highest BCUT2D eigenvalue weighted by Crippen LogP contribution is 2.37. The molecule has 6 nitrogen and oxygen atoms in total. The Hall–Kier alpha value is -2.74. The first-order valence-electron chi connectivity index (χ1n) is 10.5. The minimum Gasteiger partial charge on any atom is -0.494 e. The Morgan fingerprint density at radius 1 is 1.00 bits per heavy atom. The van der Waals surface area contributed by atoms with E-state index in [1.54, 1.807) is 42.5 Å². The lowest BCUT2D eigenvalue weighted by Gasteiger charge is -2.15. The Bertz CT molecular complexity index is 1170. The number of ether oxygens (including phenoxy) is 3. The fourth-order valence-corrected chi connectivity index (χ4v) is 3.99. The second kappa shape index (κ2) is 12.6. The minimum absolute atomic E-state index is 0.236. The van der Waals surface area contributed by atoms with E-state index in [0.29, 0.717) is 56.1 Å². The molecular formula is C25H23BrCl2N2O4. The number of hydrogen-bond donors (Lipinski definition) is 1. The zero-order valence-electron chi connectivity index (χ0n) is 18.6. The highest BCUT2D eigenvalue weighted by atomic mass is 79.9. The summed E-state index contributed by atoms with van der Waals surface area (Å²) in [6.45, 7) is 5.03. The van der Waals surface area contributed by atoms with Crippen molar-refractivity contribution >= 4 is 51.3 Å². The molecule has 3 aromatic rings. The predicted molar refractivity (Wildman–Crippen MR) is 139 cm³/mol. The Morgan fingerprint density at radius 2 is 1.74 bits per heavy atom. The molecule has 0 spiro atoms. The summed E-state index contributed by atoms with van der Waals surface area (Å²) in [5.41, 5.74) is 4.49. The maximum Gasteiger partial charge on any atom is 0.271 e. The maximum absolute atomic E-state index is 12.3. The van der Waals surface area contributed by atoms with Gasteiger partial charge in [0.25, 0.3) is 5.91 Å². The molecule has 0 aliphatic carbocycles. The molecule has 3 aromatic carbocycles. The summed E-state index contributed by atoms with van der Waals surface area (Å²) < 4.78 is 17.8. The molecule has 1 amide bonds. The van der Waals surface area contributed by atoms with E-state index in [-0.39, 0.29) is 12.5 Å². The van der Waals surface area contributed by atoms with Crippen LogP contribution in [-0.4, -0.2) is 25.3 Å². The smallest absolute Gasteiger partial charge is 0.271 e. The minimum atomic E-state index is -0.330. The molecule has 9 heteroatoms. The second-order valence-corrected chi connectivity index (χ2v) is 8.64. The van der Waals surface area contributed by atoms with Gasteiger partial charge in [-0.25, -0.2) is 5.43 Å². The van der Waals surface area contributed by atoms with Crippen molar-refractivity contribution in [3.63, 3.8) is 0 Å². The van der Waals surface area contributed by atoms with Crippen molar-refractivity contribution in [3.05, 3.63) is 85.8 Å². The van der Waals surface area contributed by atoms with Crippen LogP contribution in [0.5, 0.6) is 17.2 Å². The Balaban J connectivity index is 1.69. The largest absolute Gasteiger partial charge is 0.494 e. The molecule has 0 bridgehead atoms. The Labute approximate surface area is 216 Å². The van der Waals surface area contributed by atoms with Crippen LogP contribution in [0, 0.1) is 0 Å². The van der Waals surface area contributed by atoms with Crippen LogP contribution in [0.15, 0.2) is 64.2 Å². The van der Waals surface area contributed by atoms with Crippen LogP contribution in [0.25, 0.3) is 0 Å². The fraction of sp³-hybridized carbons (Fsp3) is 0.200. The molecule has 3 rings (SSSR count). The third-order valence-corrected chi connectivity index (χ3v) is 5.70. The van der Waals surface area contributed by atoms with E-state index < -0.39 is 0 Å². The number of hydrogen-bond acceptors (Lipinski definition) is 5. The first-order valence-corrected chi connectivity index (χ1v) is 12.1. The average molecular weight is 566 g/mol. The molecule has 0 aromatic heterocycles.